The van der Waals surface area contributed by atoms with Crippen LogP contribution in [-0.4, -0.2) is 35.9 Å². The number of aromatic nitrogens is 3. The lowest BCUT2D eigenvalue weighted by Crippen LogP contribution is -2.04. The van der Waals surface area contributed by atoms with E-state index in [2.05, 4.69) is 19.9 Å². The van der Waals surface area contributed by atoms with Gasteiger partial charge >= 0.3 is 0 Å². The van der Waals surface area contributed by atoms with Gasteiger partial charge in [-0.3, -0.25) is 0 Å². The van der Waals surface area contributed by atoms with Crippen LogP contribution in [0.5, 0.6) is 17.2 Å². The Morgan fingerprint density at radius 1 is 1.04 bits per heavy atom. The van der Waals surface area contributed by atoms with Crippen molar-refractivity contribution in [1.29, 1.82) is 0 Å². The molecule has 0 spiro atoms. The van der Waals surface area contributed by atoms with Crippen LogP contribution in [0.1, 0.15) is 5.69 Å². The van der Waals surface area contributed by atoms with Crippen molar-refractivity contribution < 1.29 is 14.2 Å². The maximum atomic E-state index is 5.57. The Hall–Kier alpha value is -2.54. The van der Waals surface area contributed by atoms with E-state index in [-0.39, 0.29) is 0 Å². The Morgan fingerprint density at radius 3 is 2.54 bits per heavy atom. The molecule has 0 aliphatic rings. The first kappa shape index (κ1) is 16.3. The van der Waals surface area contributed by atoms with E-state index in [0.717, 1.165) is 30.0 Å². The highest BCUT2D eigenvalue weighted by Gasteiger charge is 2.19. The number of thiazole rings is 1. The lowest BCUT2D eigenvalue weighted by atomic mass is 10.1. The van der Waals surface area contributed by atoms with Gasteiger partial charge in [0.05, 0.1) is 38.1 Å². The zero-order valence-electron chi connectivity index (χ0n) is 13.9. The minimum absolute atomic E-state index is 0.562. The SMILES string of the molecule is COc1ccc(-c2nccn2CCc2cscn2)c(OC)c1OC. The van der Waals surface area contributed by atoms with Crippen molar-refractivity contribution >= 4 is 11.3 Å². The fourth-order valence-electron chi connectivity index (χ4n) is 2.61. The number of methoxy groups -OCH3 is 3. The highest BCUT2D eigenvalue weighted by atomic mass is 32.1. The van der Waals surface area contributed by atoms with Crippen LogP contribution in [0.25, 0.3) is 11.4 Å². The second-order valence-electron chi connectivity index (χ2n) is 5.06. The molecule has 1 aromatic carbocycles. The third kappa shape index (κ3) is 3.07. The highest BCUT2D eigenvalue weighted by Crippen LogP contribution is 2.43. The Morgan fingerprint density at radius 2 is 1.88 bits per heavy atom. The number of aryl methyl sites for hydroxylation is 2. The molecular formula is C17H19N3O3S. The molecule has 2 heterocycles. The summed E-state index contributed by atoms with van der Waals surface area (Å²) in [7, 11) is 4.81. The maximum absolute atomic E-state index is 5.57. The van der Waals surface area contributed by atoms with E-state index < -0.39 is 0 Å². The van der Waals surface area contributed by atoms with Crippen molar-refractivity contribution in [3.05, 3.63) is 41.1 Å². The molecule has 6 nitrogen and oxygen atoms in total. The summed E-state index contributed by atoms with van der Waals surface area (Å²) in [5.74, 6) is 2.62. The predicted octanol–water partition coefficient (Wildman–Crippen LogP) is 3.28. The molecule has 126 valence electrons. The standard InChI is InChI=1S/C17H19N3O3S/c1-21-14-5-4-13(15(22-2)16(14)23-3)17-18-7-9-20(17)8-6-12-10-24-11-19-12/h4-5,7,9-11H,6,8H2,1-3H3. The topological polar surface area (TPSA) is 58.4 Å². The number of rotatable bonds is 7. The first-order valence-electron chi connectivity index (χ1n) is 7.46. The van der Waals surface area contributed by atoms with Gasteiger partial charge in [-0.1, -0.05) is 0 Å². The average molecular weight is 345 g/mol. The zero-order chi connectivity index (χ0) is 16.9. The molecule has 3 rings (SSSR count). The van der Waals surface area contributed by atoms with E-state index >= 15 is 0 Å². The lowest BCUT2D eigenvalue weighted by molar-refractivity contribution is 0.325. The summed E-state index contributed by atoms with van der Waals surface area (Å²) in [4.78, 5) is 8.82. The Labute approximate surface area is 144 Å². The molecule has 0 aliphatic carbocycles. The van der Waals surface area contributed by atoms with Crippen LogP contribution in [0, 0.1) is 0 Å². The fourth-order valence-corrected chi connectivity index (χ4v) is 3.20. The Bertz CT molecular complexity index is 800. The van der Waals surface area contributed by atoms with E-state index in [9.17, 15) is 0 Å². The van der Waals surface area contributed by atoms with E-state index in [1.165, 1.54) is 0 Å². The van der Waals surface area contributed by atoms with E-state index in [1.54, 1.807) is 38.9 Å². The van der Waals surface area contributed by atoms with Gasteiger partial charge in [-0.25, -0.2) is 9.97 Å². The third-order valence-electron chi connectivity index (χ3n) is 3.75. The minimum atomic E-state index is 0.562. The maximum Gasteiger partial charge on any atom is 0.204 e. The first-order chi connectivity index (χ1) is 11.8. The second-order valence-corrected chi connectivity index (χ2v) is 5.77. The molecule has 0 fully saturated rings. The molecule has 0 amide bonds. The second kappa shape index (κ2) is 7.35. The first-order valence-corrected chi connectivity index (χ1v) is 8.40. The van der Waals surface area contributed by atoms with Crippen molar-refractivity contribution in [2.24, 2.45) is 0 Å². The molecule has 0 radical (unpaired) electrons. The van der Waals surface area contributed by atoms with Crippen molar-refractivity contribution in [2.75, 3.05) is 21.3 Å². The number of benzene rings is 1. The Kier molecular flexibility index (Phi) is 5.00. The van der Waals surface area contributed by atoms with Crippen molar-refractivity contribution in [3.63, 3.8) is 0 Å². The normalized spacial score (nSPS) is 10.6. The molecule has 7 heteroatoms. The van der Waals surface area contributed by atoms with E-state index in [1.807, 2.05) is 23.8 Å². The minimum Gasteiger partial charge on any atom is -0.493 e. The molecule has 0 N–H and O–H groups in total. The average Bonchev–Trinajstić information content (AvgIpc) is 3.29. The van der Waals surface area contributed by atoms with Gasteiger partial charge in [-0.15, -0.1) is 11.3 Å². The number of nitrogens with zero attached hydrogens (tertiary/aromatic N) is 3. The van der Waals surface area contributed by atoms with Gasteiger partial charge in [0.25, 0.3) is 0 Å². The lowest BCUT2D eigenvalue weighted by Gasteiger charge is -2.16. The largest absolute Gasteiger partial charge is 0.493 e. The highest BCUT2D eigenvalue weighted by molar-refractivity contribution is 7.07. The van der Waals surface area contributed by atoms with Crippen LogP contribution in [-0.2, 0) is 13.0 Å². The van der Waals surface area contributed by atoms with Crippen LogP contribution >= 0.6 is 11.3 Å². The van der Waals surface area contributed by atoms with Crippen LogP contribution in [0.2, 0.25) is 0 Å². The third-order valence-corrected chi connectivity index (χ3v) is 4.39. The van der Waals surface area contributed by atoms with Crippen molar-refractivity contribution in [3.8, 4) is 28.6 Å². The van der Waals surface area contributed by atoms with Gasteiger partial charge in [0.15, 0.2) is 11.5 Å². The molecule has 0 unspecified atom stereocenters. The summed E-state index contributed by atoms with van der Waals surface area (Å²) in [5.41, 5.74) is 3.79. The van der Waals surface area contributed by atoms with Gasteiger partial charge in [-0.05, 0) is 12.1 Å². The van der Waals surface area contributed by atoms with Gasteiger partial charge < -0.3 is 18.8 Å². The fraction of sp³-hybridized carbons (Fsp3) is 0.294. The van der Waals surface area contributed by atoms with E-state index in [4.69, 9.17) is 14.2 Å². The molecule has 0 bridgehead atoms. The molecule has 0 atom stereocenters. The monoisotopic (exact) mass is 345 g/mol. The molecule has 0 saturated carbocycles. The van der Waals surface area contributed by atoms with E-state index in [0.29, 0.717) is 17.2 Å². The van der Waals surface area contributed by atoms with Gasteiger partial charge in [0.1, 0.15) is 5.82 Å². The summed E-state index contributed by atoms with van der Waals surface area (Å²) in [6, 6.07) is 3.79. The Balaban J connectivity index is 1.96. The zero-order valence-corrected chi connectivity index (χ0v) is 14.7. The summed E-state index contributed by atoms with van der Waals surface area (Å²) < 4.78 is 18.5. The van der Waals surface area contributed by atoms with Crippen LogP contribution in [0.15, 0.2) is 35.4 Å². The molecule has 0 aliphatic heterocycles. The smallest absolute Gasteiger partial charge is 0.204 e. The summed E-state index contributed by atoms with van der Waals surface area (Å²) in [6.45, 7) is 0.788. The molecule has 3 aromatic rings. The van der Waals surface area contributed by atoms with Crippen LogP contribution in [0.3, 0.4) is 0 Å². The summed E-state index contributed by atoms with van der Waals surface area (Å²) in [6.07, 6.45) is 4.59. The summed E-state index contributed by atoms with van der Waals surface area (Å²) in [5, 5.41) is 2.06. The number of ether oxygens (including phenoxy) is 3. The quantitative estimate of drug-likeness (QED) is 0.658. The summed E-state index contributed by atoms with van der Waals surface area (Å²) >= 11 is 1.61. The van der Waals surface area contributed by atoms with Crippen molar-refractivity contribution in [1.82, 2.24) is 14.5 Å². The molecule has 24 heavy (non-hydrogen) atoms. The number of hydrogen-bond acceptors (Lipinski definition) is 6. The van der Waals surface area contributed by atoms with Crippen LogP contribution in [0.4, 0.5) is 0 Å². The van der Waals surface area contributed by atoms with Crippen molar-refractivity contribution in [2.45, 2.75) is 13.0 Å². The number of imidazole rings is 1. The molecule has 0 saturated heterocycles. The van der Waals surface area contributed by atoms with Gasteiger partial charge in [-0.2, -0.15) is 0 Å². The van der Waals surface area contributed by atoms with Gasteiger partial charge in [0.2, 0.25) is 5.75 Å². The van der Waals surface area contributed by atoms with Gasteiger partial charge in [0, 0.05) is 30.7 Å². The van der Waals surface area contributed by atoms with Crippen LogP contribution < -0.4 is 14.2 Å². The molecule has 2 aromatic heterocycles. The molecular weight excluding hydrogens is 326 g/mol. The predicted molar refractivity (Wildman–Crippen MR) is 93.1 cm³/mol. The number of hydrogen-bond donors (Lipinski definition) is 0.